The van der Waals surface area contributed by atoms with Gasteiger partial charge in [-0.1, -0.05) is 24.3 Å². The minimum absolute atomic E-state index is 0.0395. The second kappa shape index (κ2) is 15.3. The molecule has 0 spiro atoms. The molecule has 3 aromatic carbocycles. The molecule has 1 saturated heterocycles. The molecule has 0 bridgehead atoms. The van der Waals surface area contributed by atoms with Crippen molar-refractivity contribution in [3.63, 3.8) is 0 Å². The molecule has 0 radical (unpaired) electrons. The van der Waals surface area contributed by atoms with E-state index in [4.69, 9.17) is 5.11 Å². The molecule has 12 heteroatoms. The maximum atomic E-state index is 15.2. The van der Waals surface area contributed by atoms with Crippen LogP contribution in [0.4, 0.5) is 19.5 Å². The zero-order valence-corrected chi connectivity index (χ0v) is 30.3. The number of amides is 3. The van der Waals surface area contributed by atoms with Gasteiger partial charge in [-0.3, -0.25) is 19.3 Å². The number of anilines is 2. The number of carbonyl (C=O) groups excluding carboxylic acids is 3. The first-order valence-corrected chi connectivity index (χ1v) is 18.3. The summed E-state index contributed by atoms with van der Waals surface area (Å²) >= 11 is 1.36. The van der Waals surface area contributed by atoms with Gasteiger partial charge in [-0.25, -0.2) is 13.6 Å². The zero-order valence-electron chi connectivity index (χ0n) is 29.5. The Morgan fingerprint density at radius 2 is 1.56 bits per heavy atom. The van der Waals surface area contributed by atoms with E-state index in [-0.39, 0.29) is 40.6 Å². The molecule has 0 atom stereocenters. The third-order valence-corrected chi connectivity index (χ3v) is 11.2. The number of hydrogen-bond donors (Lipinski definition) is 3. The number of aromatic carboxylic acids is 1. The lowest BCUT2D eigenvalue weighted by Gasteiger charge is -2.47. The predicted octanol–water partition coefficient (Wildman–Crippen LogP) is 7.34. The number of rotatable bonds is 10. The van der Waals surface area contributed by atoms with E-state index in [9.17, 15) is 19.2 Å². The number of piperazine rings is 1. The summed E-state index contributed by atoms with van der Waals surface area (Å²) in [5.74, 6) is -3.52. The average Bonchev–Trinajstić information content (AvgIpc) is 3.46. The van der Waals surface area contributed by atoms with Crippen LogP contribution < -0.4 is 10.6 Å². The van der Waals surface area contributed by atoms with Crippen LogP contribution >= 0.6 is 11.3 Å². The van der Waals surface area contributed by atoms with Crippen LogP contribution in [0.5, 0.6) is 0 Å². The van der Waals surface area contributed by atoms with Crippen molar-refractivity contribution in [1.29, 1.82) is 0 Å². The van der Waals surface area contributed by atoms with Gasteiger partial charge in [0.1, 0.15) is 16.6 Å². The monoisotopic (exact) mass is 728 g/mol. The van der Waals surface area contributed by atoms with Crippen LogP contribution in [-0.2, 0) is 37.0 Å². The smallest absolute Gasteiger partial charge is 0.335 e. The van der Waals surface area contributed by atoms with E-state index < -0.39 is 23.5 Å². The van der Waals surface area contributed by atoms with Crippen molar-refractivity contribution in [2.24, 2.45) is 0 Å². The molecule has 9 nitrogen and oxygen atoms in total. The molecule has 0 unspecified atom stereocenters. The van der Waals surface area contributed by atoms with Crippen LogP contribution in [0.15, 0.2) is 60.7 Å². The Bertz CT molecular complexity index is 2000. The van der Waals surface area contributed by atoms with Crippen molar-refractivity contribution in [3.05, 3.63) is 116 Å². The molecule has 2 aliphatic rings. The van der Waals surface area contributed by atoms with Gasteiger partial charge in [-0.05, 0) is 105 Å². The fraction of sp³-hybridized carbons (Fsp3) is 0.350. The number of halogens is 2. The largest absolute Gasteiger partial charge is 0.478 e. The lowest BCUT2D eigenvalue weighted by atomic mass is 9.95. The average molecular weight is 729 g/mol. The Morgan fingerprint density at radius 1 is 0.846 bits per heavy atom. The fourth-order valence-electron chi connectivity index (χ4n) is 7.04. The number of nitrogens with one attached hydrogen (secondary N) is 2. The molecule has 6 rings (SSSR count). The maximum absolute atomic E-state index is 15.2. The third-order valence-electron chi connectivity index (χ3n) is 9.97. The van der Waals surface area contributed by atoms with Crippen LogP contribution in [0, 0.1) is 11.6 Å². The second-order valence-electron chi connectivity index (χ2n) is 14.1. The van der Waals surface area contributed by atoms with Gasteiger partial charge in [0, 0.05) is 60.3 Å². The number of nitrogens with zero attached hydrogens (tertiary/aromatic N) is 2. The summed E-state index contributed by atoms with van der Waals surface area (Å²) in [6.07, 6.45) is 3.61. The van der Waals surface area contributed by atoms with Crippen molar-refractivity contribution < 1.29 is 33.1 Å². The molecule has 1 aromatic heterocycles. The van der Waals surface area contributed by atoms with Gasteiger partial charge in [-0.15, -0.1) is 11.3 Å². The topological polar surface area (TPSA) is 119 Å². The van der Waals surface area contributed by atoms with Gasteiger partial charge in [0.2, 0.25) is 5.91 Å². The van der Waals surface area contributed by atoms with E-state index in [0.717, 1.165) is 53.0 Å². The van der Waals surface area contributed by atoms with Crippen molar-refractivity contribution >= 4 is 45.7 Å². The Kier molecular flexibility index (Phi) is 10.9. The summed E-state index contributed by atoms with van der Waals surface area (Å²) in [5.41, 5.74) is 2.98. The number of carboxylic acids is 1. The first-order chi connectivity index (χ1) is 24.8. The van der Waals surface area contributed by atoms with E-state index in [1.54, 1.807) is 25.1 Å². The molecule has 3 N–H and O–H groups in total. The van der Waals surface area contributed by atoms with E-state index >= 15 is 8.78 Å². The van der Waals surface area contributed by atoms with Crippen LogP contribution in [0.2, 0.25) is 0 Å². The molecule has 1 aliphatic heterocycles. The van der Waals surface area contributed by atoms with E-state index in [2.05, 4.69) is 29.4 Å². The van der Waals surface area contributed by atoms with Gasteiger partial charge < -0.3 is 20.6 Å². The van der Waals surface area contributed by atoms with Crippen LogP contribution in [-0.4, -0.2) is 63.8 Å². The summed E-state index contributed by atoms with van der Waals surface area (Å²) in [6, 6.07) is 15.7. The first-order valence-electron chi connectivity index (χ1n) is 17.5. The standard InChI is InChI=1S/C40H42F2N4O5S/c1-24(47)45-17-18-46(40(2,3)23-45)22-26-7-6-8-28(19-26)36(48)44-38-35(31-9-4-5-10-34(31)52-38)37(49)43-29-20-32(41)30(33(42)21-29)16-13-25-11-14-27(15-12-25)39(50)51/h6-8,11-12,14-15,19-21H,4-5,9-10,13,16-18,22-23H2,1-3H3,(H,43,49)(H,44,48)(H,50,51). The molecular formula is C40H42F2N4O5S. The summed E-state index contributed by atoms with van der Waals surface area (Å²) in [6.45, 7) is 8.37. The van der Waals surface area contributed by atoms with Crippen LogP contribution in [0.3, 0.4) is 0 Å². The number of fused-ring (bicyclic) bond motifs is 1. The number of aryl methyl sites for hydroxylation is 2. The lowest BCUT2D eigenvalue weighted by Crippen LogP contribution is -2.59. The zero-order chi connectivity index (χ0) is 37.2. The van der Waals surface area contributed by atoms with E-state index in [1.165, 1.54) is 23.5 Å². The Labute approximate surface area is 305 Å². The highest BCUT2D eigenvalue weighted by molar-refractivity contribution is 7.17. The van der Waals surface area contributed by atoms with Gasteiger partial charge in [-0.2, -0.15) is 0 Å². The number of hydrogen-bond acceptors (Lipinski definition) is 6. The first kappa shape index (κ1) is 36.8. The molecule has 2 heterocycles. The maximum Gasteiger partial charge on any atom is 0.335 e. The second-order valence-corrected chi connectivity index (χ2v) is 15.2. The molecule has 4 aromatic rings. The predicted molar refractivity (Wildman–Crippen MR) is 197 cm³/mol. The van der Waals surface area contributed by atoms with Gasteiger partial charge in [0.25, 0.3) is 11.8 Å². The van der Waals surface area contributed by atoms with Crippen LogP contribution in [0.25, 0.3) is 0 Å². The molecule has 1 aliphatic carbocycles. The van der Waals surface area contributed by atoms with Crippen molar-refractivity contribution in [2.45, 2.75) is 71.4 Å². The minimum Gasteiger partial charge on any atom is -0.478 e. The normalized spacial score (nSPS) is 15.5. The highest BCUT2D eigenvalue weighted by Gasteiger charge is 2.34. The van der Waals surface area contributed by atoms with Crippen molar-refractivity contribution in [1.82, 2.24) is 9.80 Å². The lowest BCUT2D eigenvalue weighted by molar-refractivity contribution is -0.134. The fourth-order valence-corrected chi connectivity index (χ4v) is 8.33. The summed E-state index contributed by atoms with van der Waals surface area (Å²) in [7, 11) is 0. The van der Waals surface area contributed by atoms with Crippen molar-refractivity contribution in [3.8, 4) is 0 Å². The summed E-state index contributed by atoms with van der Waals surface area (Å²) in [5, 5.41) is 15.1. The quantitative estimate of drug-likeness (QED) is 0.157. The minimum atomic E-state index is -1.05. The van der Waals surface area contributed by atoms with Gasteiger partial charge in [0.05, 0.1) is 11.1 Å². The highest BCUT2D eigenvalue weighted by Crippen LogP contribution is 2.39. The Hall–Kier alpha value is -4.94. The molecule has 272 valence electrons. The number of thiophene rings is 1. The Balaban J connectivity index is 1.16. The molecule has 0 saturated carbocycles. The molecular weight excluding hydrogens is 687 g/mol. The highest BCUT2D eigenvalue weighted by atomic mass is 32.1. The van der Waals surface area contributed by atoms with Crippen molar-refractivity contribution in [2.75, 3.05) is 30.3 Å². The SMILES string of the molecule is CC(=O)N1CCN(Cc2cccc(C(=O)Nc3sc4c(c3C(=O)Nc3cc(F)c(CCc5ccc(C(=O)O)cc5)c(F)c3)CCCC4)c2)C(C)(C)C1. The summed E-state index contributed by atoms with van der Waals surface area (Å²) < 4.78 is 30.4. The Morgan fingerprint density at radius 3 is 2.23 bits per heavy atom. The van der Waals surface area contributed by atoms with Crippen LogP contribution in [0.1, 0.15) is 91.8 Å². The van der Waals surface area contributed by atoms with E-state index in [0.29, 0.717) is 55.1 Å². The number of carbonyl (C=O) groups is 4. The van der Waals surface area contributed by atoms with E-state index in [1.807, 2.05) is 23.1 Å². The third kappa shape index (κ3) is 8.24. The molecule has 52 heavy (non-hydrogen) atoms. The molecule has 3 amide bonds. The molecule has 1 fully saturated rings. The number of benzene rings is 3. The van der Waals surface area contributed by atoms with Gasteiger partial charge in [0.15, 0.2) is 0 Å². The van der Waals surface area contributed by atoms with Gasteiger partial charge >= 0.3 is 5.97 Å². The summed E-state index contributed by atoms with van der Waals surface area (Å²) in [4.78, 5) is 55.7. The number of carboxylic acid groups (broad SMARTS) is 1.